The summed E-state index contributed by atoms with van der Waals surface area (Å²) < 4.78 is 0. The van der Waals surface area contributed by atoms with Crippen LogP contribution in [-0.4, -0.2) is 0 Å². The minimum atomic E-state index is 0.279. The summed E-state index contributed by atoms with van der Waals surface area (Å²) in [7, 11) is 0. The first kappa shape index (κ1) is 14.8. The van der Waals surface area contributed by atoms with Gasteiger partial charge in [0, 0.05) is 10.9 Å². The molecule has 0 bridgehead atoms. The molecule has 1 aromatic carbocycles. The maximum atomic E-state index is 5.85. The van der Waals surface area contributed by atoms with Gasteiger partial charge < -0.3 is 0 Å². The summed E-state index contributed by atoms with van der Waals surface area (Å²) in [6.07, 6.45) is 7.47. The Hall–Kier alpha value is -1.16. The van der Waals surface area contributed by atoms with E-state index in [0.717, 1.165) is 18.8 Å². The van der Waals surface area contributed by atoms with Crippen molar-refractivity contribution in [2.45, 2.75) is 50.5 Å². The van der Waals surface area contributed by atoms with Crippen molar-refractivity contribution in [3.05, 3.63) is 57.8 Å². The van der Waals surface area contributed by atoms with Gasteiger partial charge in [-0.2, -0.15) is 0 Å². The average molecular weight is 300 g/mol. The normalized spacial score (nSPS) is 16.6. The van der Waals surface area contributed by atoms with Gasteiger partial charge in [-0.15, -0.1) is 11.3 Å². The fourth-order valence-electron chi connectivity index (χ4n) is 3.18. The lowest BCUT2D eigenvalue weighted by atomic mass is 9.77. The SMILES string of the molecule is NNC(CCCc1cccs1)c1ccccc1C1CCC1. The topological polar surface area (TPSA) is 38.0 Å². The van der Waals surface area contributed by atoms with Gasteiger partial charge in [-0.05, 0) is 60.6 Å². The van der Waals surface area contributed by atoms with Crippen LogP contribution in [0.3, 0.4) is 0 Å². The quantitative estimate of drug-likeness (QED) is 0.582. The Morgan fingerprint density at radius 3 is 2.71 bits per heavy atom. The predicted octanol–water partition coefficient (Wildman–Crippen LogP) is 4.54. The first-order chi connectivity index (χ1) is 10.4. The number of hydrogen-bond acceptors (Lipinski definition) is 3. The molecule has 2 aromatic rings. The third-order valence-electron chi connectivity index (χ3n) is 4.61. The molecule has 3 N–H and O–H groups in total. The summed E-state index contributed by atoms with van der Waals surface area (Å²) in [5.41, 5.74) is 5.97. The number of thiophene rings is 1. The molecule has 112 valence electrons. The van der Waals surface area contributed by atoms with E-state index in [1.165, 1.54) is 41.7 Å². The summed E-state index contributed by atoms with van der Waals surface area (Å²) >= 11 is 1.85. The Kier molecular flexibility index (Phi) is 5.07. The van der Waals surface area contributed by atoms with Crippen LogP contribution in [-0.2, 0) is 6.42 Å². The molecule has 2 nitrogen and oxygen atoms in total. The molecule has 3 heteroatoms. The Balaban J connectivity index is 1.65. The molecular weight excluding hydrogens is 276 g/mol. The van der Waals surface area contributed by atoms with Gasteiger partial charge in [-0.1, -0.05) is 36.8 Å². The van der Waals surface area contributed by atoms with Crippen LogP contribution in [0.5, 0.6) is 0 Å². The molecule has 0 radical (unpaired) electrons. The van der Waals surface area contributed by atoms with Crippen molar-refractivity contribution >= 4 is 11.3 Å². The maximum absolute atomic E-state index is 5.85. The van der Waals surface area contributed by atoms with Gasteiger partial charge in [-0.25, -0.2) is 0 Å². The van der Waals surface area contributed by atoms with Gasteiger partial charge in [0.2, 0.25) is 0 Å². The van der Waals surface area contributed by atoms with E-state index in [0.29, 0.717) is 0 Å². The number of nitrogens with one attached hydrogen (secondary N) is 1. The summed E-state index contributed by atoms with van der Waals surface area (Å²) in [5, 5.41) is 2.15. The third kappa shape index (κ3) is 3.54. The maximum Gasteiger partial charge on any atom is 0.0462 e. The van der Waals surface area contributed by atoms with E-state index < -0.39 is 0 Å². The standard InChI is InChI=1S/C18H24N2S/c19-20-18(12-4-8-15-9-5-13-21-15)17-11-2-1-10-16(17)14-6-3-7-14/h1-2,5,9-11,13-14,18,20H,3-4,6-8,12,19H2. The van der Waals surface area contributed by atoms with E-state index in [1.807, 2.05) is 11.3 Å². The second-order valence-electron chi connectivity index (χ2n) is 5.95. The highest BCUT2D eigenvalue weighted by Gasteiger charge is 2.24. The van der Waals surface area contributed by atoms with Gasteiger partial charge in [0.1, 0.15) is 0 Å². The predicted molar refractivity (Wildman–Crippen MR) is 90.4 cm³/mol. The van der Waals surface area contributed by atoms with Gasteiger partial charge >= 0.3 is 0 Å². The summed E-state index contributed by atoms with van der Waals surface area (Å²) in [5.74, 6) is 6.60. The third-order valence-corrected chi connectivity index (χ3v) is 5.55. The molecule has 1 heterocycles. The molecule has 1 aliphatic carbocycles. The number of hydrogen-bond donors (Lipinski definition) is 2. The molecule has 1 saturated carbocycles. The molecular formula is C18H24N2S. The van der Waals surface area contributed by atoms with Crippen molar-refractivity contribution in [1.82, 2.24) is 5.43 Å². The molecule has 1 aromatic heterocycles. The van der Waals surface area contributed by atoms with E-state index in [-0.39, 0.29) is 6.04 Å². The first-order valence-corrected chi connectivity index (χ1v) is 8.84. The van der Waals surface area contributed by atoms with Crippen LogP contribution in [0.4, 0.5) is 0 Å². The molecule has 0 saturated heterocycles. The summed E-state index contributed by atoms with van der Waals surface area (Å²) in [4.78, 5) is 1.47. The van der Waals surface area contributed by atoms with Gasteiger partial charge in [0.05, 0.1) is 0 Å². The lowest BCUT2D eigenvalue weighted by Crippen LogP contribution is -2.29. The fourth-order valence-corrected chi connectivity index (χ4v) is 3.93. The van der Waals surface area contributed by atoms with Crippen LogP contribution in [0.15, 0.2) is 41.8 Å². The molecule has 1 fully saturated rings. The zero-order valence-electron chi connectivity index (χ0n) is 12.4. The first-order valence-electron chi connectivity index (χ1n) is 7.96. The number of aryl methyl sites for hydroxylation is 1. The minimum absolute atomic E-state index is 0.279. The monoisotopic (exact) mass is 300 g/mol. The molecule has 1 unspecified atom stereocenters. The van der Waals surface area contributed by atoms with E-state index in [2.05, 4.69) is 47.2 Å². The molecule has 3 rings (SSSR count). The number of benzene rings is 1. The molecule has 0 aliphatic heterocycles. The highest BCUT2D eigenvalue weighted by Crippen LogP contribution is 2.40. The smallest absolute Gasteiger partial charge is 0.0462 e. The average Bonchev–Trinajstić information content (AvgIpc) is 2.96. The molecule has 0 amide bonds. The van der Waals surface area contributed by atoms with Crippen molar-refractivity contribution in [3.63, 3.8) is 0 Å². The Labute approximate surface area is 131 Å². The van der Waals surface area contributed by atoms with E-state index in [9.17, 15) is 0 Å². The zero-order valence-corrected chi connectivity index (χ0v) is 13.2. The van der Waals surface area contributed by atoms with Crippen molar-refractivity contribution in [3.8, 4) is 0 Å². The van der Waals surface area contributed by atoms with E-state index >= 15 is 0 Å². The number of rotatable bonds is 7. The van der Waals surface area contributed by atoms with Crippen molar-refractivity contribution in [2.24, 2.45) is 5.84 Å². The Morgan fingerprint density at radius 2 is 2.05 bits per heavy atom. The highest BCUT2D eigenvalue weighted by atomic mass is 32.1. The van der Waals surface area contributed by atoms with E-state index in [4.69, 9.17) is 5.84 Å². The summed E-state index contributed by atoms with van der Waals surface area (Å²) in [6.45, 7) is 0. The van der Waals surface area contributed by atoms with Crippen LogP contribution < -0.4 is 11.3 Å². The number of hydrazine groups is 1. The van der Waals surface area contributed by atoms with Crippen molar-refractivity contribution in [2.75, 3.05) is 0 Å². The largest absolute Gasteiger partial charge is 0.271 e. The second-order valence-corrected chi connectivity index (χ2v) is 6.98. The van der Waals surface area contributed by atoms with Crippen LogP contribution in [0, 0.1) is 0 Å². The lowest BCUT2D eigenvalue weighted by Gasteiger charge is -2.30. The van der Waals surface area contributed by atoms with Crippen molar-refractivity contribution < 1.29 is 0 Å². The molecule has 1 aliphatic rings. The van der Waals surface area contributed by atoms with Gasteiger partial charge in [0.25, 0.3) is 0 Å². The second kappa shape index (κ2) is 7.21. The Morgan fingerprint density at radius 1 is 1.19 bits per heavy atom. The number of nitrogens with two attached hydrogens (primary N) is 1. The lowest BCUT2D eigenvalue weighted by molar-refractivity contribution is 0.408. The van der Waals surface area contributed by atoms with Crippen LogP contribution in [0.1, 0.15) is 60.1 Å². The fraction of sp³-hybridized carbons (Fsp3) is 0.444. The van der Waals surface area contributed by atoms with Gasteiger partial charge in [0.15, 0.2) is 0 Å². The van der Waals surface area contributed by atoms with Crippen LogP contribution in [0.25, 0.3) is 0 Å². The van der Waals surface area contributed by atoms with Gasteiger partial charge in [-0.3, -0.25) is 11.3 Å². The van der Waals surface area contributed by atoms with Crippen LogP contribution >= 0.6 is 11.3 Å². The van der Waals surface area contributed by atoms with E-state index in [1.54, 1.807) is 0 Å². The molecule has 21 heavy (non-hydrogen) atoms. The van der Waals surface area contributed by atoms with Crippen molar-refractivity contribution in [1.29, 1.82) is 0 Å². The minimum Gasteiger partial charge on any atom is -0.271 e. The zero-order chi connectivity index (χ0) is 14.5. The molecule has 0 spiro atoms. The highest BCUT2D eigenvalue weighted by molar-refractivity contribution is 7.09. The Bertz CT molecular complexity index is 546. The molecule has 1 atom stereocenters. The summed E-state index contributed by atoms with van der Waals surface area (Å²) in [6, 6.07) is 13.5. The van der Waals surface area contributed by atoms with Crippen LogP contribution in [0.2, 0.25) is 0 Å².